The number of alkyl halides is 3. The van der Waals surface area contributed by atoms with E-state index in [1.165, 1.54) is 18.2 Å². The zero-order valence-corrected chi connectivity index (χ0v) is 9.42. The van der Waals surface area contributed by atoms with Crippen molar-refractivity contribution < 1.29 is 18.1 Å². The Morgan fingerprint density at radius 3 is 2.53 bits per heavy atom. The minimum atomic E-state index is -4.44. The molecule has 0 saturated carbocycles. The zero-order chi connectivity index (χ0) is 13.2. The van der Waals surface area contributed by atoms with Crippen LogP contribution in [0.2, 0.25) is 5.02 Å². The molecule has 1 aromatic carbocycles. The summed E-state index contributed by atoms with van der Waals surface area (Å²) in [4.78, 5) is 10.7. The number of anilines is 1. The van der Waals surface area contributed by atoms with Crippen LogP contribution in [0.15, 0.2) is 18.2 Å². The fourth-order valence-corrected chi connectivity index (χ4v) is 1.59. The highest BCUT2D eigenvalue weighted by molar-refractivity contribution is 6.33. The largest absolute Gasteiger partial charge is 0.405 e. The fourth-order valence-electron chi connectivity index (χ4n) is 1.35. The molecule has 0 atom stereocenters. The van der Waals surface area contributed by atoms with Gasteiger partial charge in [-0.05, 0) is 12.1 Å². The molecular weight excluding hydrogens is 261 g/mol. The fraction of sp³-hybridized carbons (Fsp3) is 0.333. The van der Waals surface area contributed by atoms with Crippen LogP contribution in [0.5, 0.6) is 0 Å². The number of hydrogen-bond donors (Lipinski definition) is 0. The predicted octanol–water partition coefficient (Wildman–Crippen LogP) is 3.25. The lowest BCUT2D eigenvalue weighted by molar-refractivity contribution is -0.384. The van der Waals surface area contributed by atoms with Crippen molar-refractivity contribution >= 4 is 23.0 Å². The lowest BCUT2D eigenvalue weighted by atomic mass is 10.2. The molecule has 1 rings (SSSR count). The molecule has 8 heteroatoms. The van der Waals surface area contributed by atoms with Gasteiger partial charge in [-0.25, -0.2) is 0 Å². The summed E-state index contributed by atoms with van der Waals surface area (Å²) in [6.45, 7) is -1.28. The molecule has 0 bridgehead atoms. The van der Waals surface area contributed by atoms with Crippen LogP contribution in [0, 0.1) is 10.1 Å². The lowest BCUT2D eigenvalue weighted by Crippen LogP contribution is -2.31. The molecule has 0 fully saturated rings. The normalized spacial score (nSPS) is 11.4. The Labute approximate surface area is 99.7 Å². The van der Waals surface area contributed by atoms with E-state index < -0.39 is 23.3 Å². The molecule has 0 radical (unpaired) electrons. The number of rotatable bonds is 3. The Bertz CT molecular complexity index is 437. The number of nitro benzene ring substituents is 1. The number of nitro groups is 1. The van der Waals surface area contributed by atoms with Crippen molar-refractivity contribution in [1.29, 1.82) is 0 Å². The van der Waals surface area contributed by atoms with Crippen LogP contribution < -0.4 is 4.90 Å². The highest BCUT2D eigenvalue weighted by Crippen LogP contribution is 2.35. The first-order valence-corrected chi connectivity index (χ1v) is 4.81. The summed E-state index contributed by atoms with van der Waals surface area (Å²) in [6, 6.07) is 3.83. The second-order valence-electron chi connectivity index (χ2n) is 3.34. The first kappa shape index (κ1) is 13.6. The summed E-state index contributed by atoms with van der Waals surface area (Å²) >= 11 is 5.59. The van der Waals surface area contributed by atoms with E-state index >= 15 is 0 Å². The standard InChI is InChI=1S/C9H8ClF3N2O2/c1-14(5-9(11,12)13)7-4-2-3-6(10)8(7)15(16)17/h2-4H,5H2,1H3. The lowest BCUT2D eigenvalue weighted by Gasteiger charge is -2.20. The molecule has 0 aromatic heterocycles. The van der Waals surface area contributed by atoms with E-state index in [2.05, 4.69) is 0 Å². The summed E-state index contributed by atoms with van der Waals surface area (Å²) in [5.41, 5.74) is -0.694. The Kier molecular flexibility index (Phi) is 3.82. The van der Waals surface area contributed by atoms with Gasteiger partial charge in [0.1, 0.15) is 17.3 Å². The Morgan fingerprint density at radius 2 is 2.06 bits per heavy atom. The van der Waals surface area contributed by atoms with E-state index in [1.807, 2.05) is 0 Å². The van der Waals surface area contributed by atoms with E-state index in [1.54, 1.807) is 0 Å². The molecular formula is C9H8ClF3N2O2. The quantitative estimate of drug-likeness (QED) is 0.624. The second kappa shape index (κ2) is 4.79. The van der Waals surface area contributed by atoms with Crippen LogP contribution in [0.4, 0.5) is 24.5 Å². The monoisotopic (exact) mass is 268 g/mol. The van der Waals surface area contributed by atoms with Crippen LogP contribution in [0.1, 0.15) is 0 Å². The average Bonchev–Trinajstić information content (AvgIpc) is 2.13. The van der Waals surface area contributed by atoms with E-state index in [9.17, 15) is 23.3 Å². The molecule has 0 aliphatic carbocycles. The van der Waals surface area contributed by atoms with Crippen molar-refractivity contribution in [3.8, 4) is 0 Å². The molecule has 0 N–H and O–H groups in total. The number of hydrogen-bond acceptors (Lipinski definition) is 3. The van der Waals surface area contributed by atoms with Gasteiger partial charge in [-0.15, -0.1) is 0 Å². The molecule has 17 heavy (non-hydrogen) atoms. The average molecular weight is 269 g/mol. The van der Waals surface area contributed by atoms with Crippen LogP contribution in [0.25, 0.3) is 0 Å². The Morgan fingerprint density at radius 1 is 1.47 bits per heavy atom. The van der Waals surface area contributed by atoms with Gasteiger partial charge in [0.2, 0.25) is 0 Å². The van der Waals surface area contributed by atoms with Gasteiger partial charge < -0.3 is 4.90 Å². The van der Waals surface area contributed by atoms with Crippen molar-refractivity contribution in [3.05, 3.63) is 33.3 Å². The maximum absolute atomic E-state index is 12.2. The van der Waals surface area contributed by atoms with Crippen LogP contribution in [0.3, 0.4) is 0 Å². The molecule has 0 aliphatic rings. The van der Waals surface area contributed by atoms with Crippen LogP contribution >= 0.6 is 11.6 Å². The second-order valence-corrected chi connectivity index (χ2v) is 3.74. The SMILES string of the molecule is CN(CC(F)(F)F)c1cccc(Cl)c1[N+](=O)[O-]. The maximum atomic E-state index is 12.2. The van der Waals surface area contributed by atoms with Crippen molar-refractivity contribution in [1.82, 2.24) is 0 Å². The summed E-state index contributed by atoms with van der Waals surface area (Å²) in [7, 11) is 1.12. The molecule has 0 heterocycles. The number of nitrogens with zero attached hydrogens (tertiary/aromatic N) is 2. The third-order valence-electron chi connectivity index (χ3n) is 1.98. The van der Waals surface area contributed by atoms with Crippen molar-refractivity contribution in [2.45, 2.75) is 6.18 Å². The van der Waals surface area contributed by atoms with Gasteiger partial charge in [-0.3, -0.25) is 10.1 Å². The smallest absolute Gasteiger partial charge is 0.360 e. The minimum Gasteiger partial charge on any atom is -0.360 e. The van der Waals surface area contributed by atoms with Gasteiger partial charge in [-0.2, -0.15) is 13.2 Å². The van der Waals surface area contributed by atoms with Gasteiger partial charge in [0.15, 0.2) is 0 Å². The molecule has 0 spiro atoms. The van der Waals surface area contributed by atoms with Crippen molar-refractivity contribution in [3.63, 3.8) is 0 Å². The number of halogens is 4. The summed E-state index contributed by atoms with van der Waals surface area (Å²) < 4.78 is 36.5. The Hall–Kier alpha value is -1.50. The van der Waals surface area contributed by atoms with Gasteiger partial charge in [0.05, 0.1) is 4.92 Å². The van der Waals surface area contributed by atoms with Crippen molar-refractivity contribution in [2.75, 3.05) is 18.5 Å². The van der Waals surface area contributed by atoms with Gasteiger partial charge >= 0.3 is 11.9 Å². The van der Waals surface area contributed by atoms with E-state index in [0.717, 1.165) is 11.9 Å². The molecule has 0 saturated heterocycles. The minimum absolute atomic E-state index is 0.167. The van der Waals surface area contributed by atoms with Gasteiger partial charge in [-0.1, -0.05) is 17.7 Å². The van der Waals surface area contributed by atoms with Crippen LogP contribution in [-0.4, -0.2) is 24.7 Å². The first-order chi connectivity index (χ1) is 7.72. The highest BCUT2D eigenvalue weighted by atomic mass is 35.5. The van der Waals surface area contributed by atoms with Gasteiger partial charge in [0.25, 0.3) is 0 Å². The molecule has 0 aliphatic heterocycles. The number of para-hydroxylation sites is 1. The Balaban J connectivity index is 3.13. The van der Waals surface area contributed by atoms with Crippen molar-refractivity contribution in [2.24, 2.45) is 0 Å². The summed E-state index contributed by atoms with van der Waals surface area (Å²) in [5, 5.41) is 10.5. The first-order valence-electron chi connectivity index (χ1n) is 4.43. The van der Waals surface area contributed by atoms with E-state index in [0.29, 0.717) is 0 Å². The molecule has 0 amide bonds. The van der Waals surface area contributed by atoms with E-state index in [4.69, 9.17) is 11.6 Å². The topological polar surface area (TPSA) is 46.4 Å². The van der Waals surface area contributed by atoms with Gasteiger partial charge in [0, 0.05) is 7.05 Å². The van der Waals surface area contributed by atoms with Crippen LogP contribution in [-0.2, 0) is 0 Å². The molecule has 4 nitrogen and oxygen atoms in total. The summed E-state index contributed by atoms with van der Waals surface area (Å²) in [5.74, 6) is 0. The third kappa shape index (κ3) is 3.48. The molecule has 1 aromatic rings. The molecule has 94 valence electrons. The third-order valence-corrected chi connectivity index (χ3v) is 2.28. The molecule has 0 unspecified atom stereocenters. The van der Waals surface area contributed by atoms with E-state index in [-0.39, 0.29) is 10.7 Å². The highest BCUT2D eigenvalue weighted by Gasteiger charge is 2.32. The predicted molar refractivity (Wildman–Crippen MR) is 57.4 cm³/mol. The number of benzene rings is 1. The summed E-state index contributed by atoms with van der Waals surface area (Å²) in [6.07, 6.45) is -4.44. The zero-order valence-electron chi connectivity index (χ0n) is 8.66. The maximum Gasteiger partial charge on any atom is 0.405 e.